The lowest BCUT2D eigenvalue weighted by Crippen LogP contribution is -2.11. The molecule has 4 nitrogen and oxygen atoms in total. The fourth-order valence-corrected chi connectivity index (χ4v) is 1.90. The average Bonchev–Trinajstić information content (AvgIpc) is 2.76. The predicted octanol–water partition coefficient (Wildman–Crippen LogP) is 2.45. The summed E-state index contributed by atoms with van der Waals surface area (Å²) in [6.07, 6.45) is 3.83. The second kappa shape index (κ2) is 6.21. The Kier molecular flexibility index (Phi) is 4.36. The highest BCUT2D eigenvalue weighted by atomic mass is 16.5. The summed E-state index contributed by atoms with van der Waals surface area (Å²) in [7, 11) is 1.71. The molecular formula is C14H19N3O. The maximum atomic E-state index is 5.12. The Morgan fingerprint density at radius 1 is 1.39 bits per heavy atom. The Labute approximate surface area is 108 Å². The number of ether oxygens (including phenoxy) is 1. The van der Waals surface area contributed by atoms with Gasteiger partial charge in [0, 0.05) is 38.3 Å². The molecule has 96 valence electrons. The first kappa shape index (κ1) is 12.6. The van der Waals surface area contributed by atoms with Crippen LogP contribution in [0.25, 0.3) is 0 Å². The van der Waals surface area contributed by atoms with Gasteiger partial charge in [0.05, 0.1) is 6.61 Å². The molecule has 0 unspecified atom stereocenters. The number of methoxy groups -OCH3 is 1. The zero-order valence-corrected chi connectivity index (χ0v) is 10.9. The third kappa shape index (κ3) is 3.34. The van der Waals surface area contributed by atoms with E-state index in [-0.39, 0.29) is 0 Å². The van der Waals surface area contributed by atoms with Crippen molar-refractivity contribution >= 4 is 5.69 Å². The van der Waals surface area contributed by atoms with E-state index < -0.39 is 0 Å². The molecule has 0 bridgehead atoms. The molecule has 0 spiro atoms. The summed E-state index contributed by atoms with van der Waals surface area (Å²) in [5.74, 6) is 1.05. The standard InChI is InChI=1S/C14H19N3O/c1-12-15-6-8-17(12)9-7-16-14-5-3-4-13(10-14)11-18-2/h3-6,8,10,16H,7,9,11H2,1-2H3. The molecule has 4 heteroatoms. The van der Waals surface area contributed by atoms with Crippen molar-refractivity contribution in [1.82, 2.24) is 9.55 Å². The van der Waals surface area contributed by atoms with E-state index in [1.54, 1.807) is 7.11 Å². The Hall–Kier alpha value is -1.81. The number of nitrogens with zero attached hydrogens (tertiary/aromatic N) is 2. The highest BCUT2D eigenvalue weighted by Crippen LogP contribution is 2.11. The van der Waals surface area contributed by atoms with Crippen LogP contribution in [0.15, 0.2) is 36.7 Å². The van der Waals surface area contributed by atoms with Gasteiger partial charge in [-0.3, -0.25) is 0 Å². The number of aryl methyl sites for hydroxylation is 1. The summed E-state index contributed by atoms with van der Waals surface area (Å²) < 4.78 is 7.25. The van der Waals surface area contributed by atoms with E-state index in [0.29, 0.717) is 6.61 Å². The first-order valence-corrected chi connectivity index (χ1v) is 6.09. The van der Waals surface area contributed by atoms with E-state index in [4.69, 9.17) is 4.74 Å². The van der Waals surface area contributed by atoms with Crippen molar-refractivity contribution in [2.75, 3.05) is 19.0 Å². The molecule has 0 aliphatic carbocycles. The van der Waals surface area contributed by atoms with E-state index in [2.05, 4.69) is 33.1 Å². The van der Waals surface area contributed by atoms with Crippen molar-refractivity contribution in [3.63, 3.8) is 0 Å². The van der Waals surface area contributed by atoms with Gasteiger partial charge in [0.2, 0.25) is 0 Å². The second-order valence-corrected chi connectivity index (χ2v) is 4.23. The largest absolute Gasteiger partial charge is 0.383 e. The summed E-state index contributed by atoms with van der Waals surface area (Å²) in [6, 6.07) is 8.29. The van der Waals surface area contributed by atoms with Gasteiger partial charge in [0.1, 0.15) is 5.82 Å². The molecule has 0 radical (unpaired) electrons. The smallest absolute Gasteiger partial charge is 0.105 e. The number of aromatic nitrogens is 2. The quantitative estimate of drug-likeness (QED) is 0.849. The molecule has 0 saturated heterocycles. The minimum atomic E-state index is 0.649. The van der Waals surface area contributed by atoms with Crippen LogP contribution in [0.4, 0.5) is 5.69 Å². The van der Waals surface area contributed by atoms with E-state index in [1.807, 2.05) is 25.4 Å². The number of rotatable bonds is 6. The molecule has 0 fully saturated rings. The third-order valence-corrected chi connectivity index (χ3v) is 2.84. The maximum absolute atomic E-state index is 5.12. The van der Waals surface area contributed by atoms with Crippen LogP contribution in [0.3, 0.4) is 0 Å². The first-order valence-electron chi connectivity index (χ1n) is 6.09. The summed E-state index contributed by atoms with van der Waals surface area (Å²) in [5, 5.41) is 3.40. The molecule has 0 aliphatic heterocycles. The Balaban J connectivity index is 1.86. The van der Waals surface area contributed by atoms with Crippen LogP contribution in [0.2, 0.25) is 0 Å². The van der Waals surface area contributed by atoms with Gasteiger partial charge in [-0.1, -0.05) is 12.1 Å². The molecule has 0 atom stereocenters. The van der Waals surface area contributed by atoms with Gasteiger partial charge in [-0.2, -0.15) is 0 Å². The number of hydrogen-bond acceptors (Lipinski definition) is 3. The molecule has 1 aromatic heterocycles. The molecule has 0 aliphatic rings. The van der Waals surface area contributed by atoms with Crippen LogP contribution < -0.4 is 5.32 Å². The second-order valence-electron chi connectivity index (χ2n) is 4.23. The highest BCUT2D eigenvalue weighted by Gasteiger charge is 1.97. The number of benzene rings is 1. The first-order chi connectivity index (χ1) is 8.79. The predicted molar refractivity (Wildman–Crippen MR) is 72.6 cm³/mol. The van der Waals surface area contributed by atoms with Crippen LogP contribution in [-0.2, 0) is 17.9 Å². The topological polar surface area (TPSA) is 39.1 Å². The molecule has 0 saturated carbocycles. The summed E-state index contributed by atoms with van der Waals surface area (Å²) in [5.41, 5.74) is 2.31. The molecular weight excluding hydrogens is 226 g/mol. The fraction of sp³-hybridized carbons (Fsp3) is 0.357. The molecule has 1 N–H and O–H groups in total. The van der Waals surface area contributed by atoms with Crippen molar-refractivity contribution < 1.29 is 4.74 Å². The monoisotopic (exact) mass is 245 g/mol. The van der Waals surface area contributed by atoms with E-state index >= 15 is 0 Å². The molecule has 0 amide bonds. The van der Waals surface area contributed by atoms with Crippen molar-refractivity contribution in [2.24, 2.45) is 0 Å². The van der Waals surface area contributed by atoms with Crippen molar-refractivity contribution in [2.45, 2.75) is 20.1 Å². The van der Waals surface area contributed by atoms with Gasteiger partial charge in [-0.15, -0.1) is 0 Å². The zero-order valence-electron chi connectivity index (χ0n) is 10.9. The minimum absolute atomic E-state index is 0.649. The van der Waals surface area contributed by atoms with E-state index in [9.17, 15) is 0 Å². The van der Waals surface area contributed by atoms with Gasteiger partial charge in [-0.05, 0) is 24.6 Å². The van der Waals surface area contributed by atoms with Crippen molar-refractivity contribution in [3.8, 4) is 0 Å². The van der Waals surface area contributed by atoms with Gasteiger partial charge in [0.15, 0.2) is 0 Å². The van der Waals surface area contributed by atoms with Crippen molar-refractivity contribution in [1.29, 1.82) is 0 Å². The third-order valence-electron chi connectivity index (χ3n) is 2.84. The Morgan fingerprint density at radius 2 is 2.28 bits per heavy atom. The van der Waals surface area contributed by atoms with Crippen LogP contribution in [0.1, 0.15) is 11.4 Å². The number of hydrogen-bond donors (Lipinski definition) is 1. The van der Waals surface area contributed by atoms with Crippen molar-refractivity contribution in [3.05, 3.63) is 48.0 Å². The van der Waals surface area contributed by atoms with Gasteiger partial charge >= 0.3 is 0 Å². The fourth-order valence-electron chi connectivity index (χ4n) is 1.90. The van der Waals surface area contributed by atoms with Crippen LogP contribution in [0.5, 0.6) is 0 Å². The average molecular weight is 245 g/mol. The van der Waals surface area contributed by atoms with Crippen LogP contribution in [0, 0.1) is 6.92 Å². The number of imidazole rings is 1. The van der Waals surface area contributed by atoms with E-state index in [1.165, 1.54) is 5.56 Å². The lowest BCUT2D eigenvalue weighted by atomic mass is 10.2. The number of anilines is 1. The zero-order chi connectivity index (χ0) is 12.8. The van der Waals surface area contributed by atoms with Gasteiger partial charge < -0.3 is 14.6 Å². The minimum Gasteiger partial charge on any atom is -0.383 e. The lowest BCUT2D eigenvalue weighted by molar-refractivity contribution is 0.185. The van der Waals surface area contributed by atoms with Gasteiger partial charge in [-0.25, -0.2) is 4.98 Å². The Bertz CT molecular complexity index is 493. The number of nitrogens with one attached hydrogen (secondary N) is 1. The molecule has 18 heavy (non-hydrogen) atoms. The highest BCUT2D eigenvalue weighted by molar-refractivity contribution is 5.45. The summed E-state index contributed by atoms with van der Waals surface area (Å²) in [4.78, 5) is 4.20. The Morgan fingerprint density at radius 3 is 3.00 bits per heavy atom. The van der Waals surface area contributed by atoms with Crippen LogP contribution in [-0.4, -0.2) is 23.2 Å². The maximum Gasteiger partial charge on any atom is 0.105 e. The van der Waals surface area contributed by atoms with Crippen LogP contribution >= 0.6 is 0 Å². The molecule has 1 heterocycles. The SMILES string of the molecule is COCc1cccc(NCCn2ccnc2C)c1. The lowest BCUT2D eigenvalue weighted by Gasteiger charge is -2.09. The van der Waals surface area contributed by atoms with Gasteiger partial charge in [0.25, 0.3) is 0 Å². The van der Waals surface area contributed by atoms with E-state index in [0.717, 1.165) is 24.6 Å². The normalized spacial score (nSPS) is 10.6. The molecule has 2 aromatic rings. The summed E-state index contributed by atoms with van der Waals surface area (Å²) >= 11 is 0. The molecule has 1 aromatic carbocycles. The summed E-state index contributed by atoms with van der Waals surface area (Å²) in [6.45, 7) is 4.46. The molecule has 2 rings (SSSR count).